The summed E-state index contributed by atoms with van der Waals surface area (Å²) in [5.41, 5.74) is 4.06. The van der Waals surface area contributed by atoms with Crippen LogP contribution in [-0.4, -0.2) is 18.1 Å². The Labute approximate surface area is 101 Å². The van der Waals surface area contributed by atoms with Crippen LogP contribution in [0.2, 0.25) is 0 Å². The Bertz CT molecular complexity index is 513. The van der Waals surface area contributed by atoms with Crippen molar-refractivity contribution in [3.63, 3.8) is 0 Å². The monoisotopic (exact) mass is 234 g/mol. The van der Waals surface area contributed by atoms with E-state index in [1.54, 1.807) is 0 Å². The van der Waals surface area contributed by atoms with Gasteiger partial charge in [-0.15, -0.1) is 12.4 Å². The van der Waals surface area contributed by atoms with Crippen LogP contribution in [0.3, 0.4) is 0 Å². The molecule has 0 atom stereocenters. The molecule has 3 heteroatoms. The van der Waals surface area contributed by atoms with Gasteiger partial charge in [-0.3, -0.25) is 0 Å². The SMILES string of the molecule is C1=C(c2c[nH]c3ccccc23)CCNC1.Cl. The molecule has 0 aliphatic carbocycles. The van der Waals surface area contributed by atoms with E-state index >= 15 is 0 Å². The predicted octanol–water partition coefficient (Wildman–Crippen LogP) is 2.97. The maximum absolute atomic E-state index is 3.34. The Hall–Kier alpha value is -1.25. The number of fused-ring (bicyclic) bond motifs is 1. The fraction of sp³-hybridized carbons (Fsp3) is 0.231. The Morgan fingerprint density at radius 3 is 2.81 bits per heavy atom. The fourth-order valence-corrected chi connectivity index (χ4v) is 2.20. The van der Waals surface area contributed by atoms with E-state index in [1.807, 2.05) is 0 Å². The molecule has 0 saturated carbocycles. The number of hydrogen-bond donors (Lipinski definition) is 2. The Kier molecular flexibility index (Phi) is 3.32. The molecule has 2 nitrogen and oxygen atoms in total. The predicted molar refractivity (Wildman–Crippen MR) is 71.0 cm³/mol. The van der Waals surface area contributed by atoms with Gasteiger partial charge in [-0.05, 0) is 24.6 Å². The Morgan fingerprint density at radius 2 is 2.00 bits per heavy atom. The van der Waals surface area contributed by atoms with Crippen molar-refractivity contribution in [3.05, 3.63) is 42.1 Å². The molecule has 0 amide bonds. The van der Waals surface area contributed by atoms with Crippen LogP contribution >= 0.6 is 12.4 Å². The third-order valence-electron chi connectivity index (χ3n) is 3.00. The minimum Gasteiger partial charge on any atom is -0.361 e. The van der Waals surface area contributed by atoms with Crippen molar-refractivity contribution in [2.75, 3.05) is 13.1 Å². The number of rotatable bonds is 1. The Balaban J connectivity index is 0.000000963. The number of H-pyrrole nitrogens is 1. The van der Waals surface area contributed by atoms with E-state index < -0.39 is 0 Å². The summed E-state index contributed by atoms with van der Waals surface area (Å²) in [5, 5.41) is 4.68. The molecule has 0 radical (unpaired) electrons. The first-order valence-corrected chi connectivity index (χ1v) is 5.41. The zero-order valence-electron chi connectivity index (χ0n) is 8.99. The van der Waals surface area contributed by atoms with Crippen LogP contribution < -0.4 is 5.32 Å². The third kappa shape index (κ3) is 1.86. The highest BCUT2D eigenvalue weighted by Crippen LogP contribution is 2.27. The van der Waals surface area contributed by atoms with E-state index in [4.69, 9.17) is 0 Å². The molecule has 0 bridgehead atoms. The van der Waals surface area contributed by atoms with Crippen molar-refractivity contribution in [1.29, 1.82) is 0 Å². The van der Waals surface area contributed by atoms with Gasteiger partial charge in [0.25, 0.3) is 0 Å². The topological polar surface area (TPSA) is 27.8 Å². The third-order valence-corrected chi connectivity index (χ3v) is 3.00. The smallest absolute Gasteiger partial charge is 0.0460 e. The van der Waals surface area contributed by atoms with Crippen molar-refractivity contribution in [3.8, 4) is 0 Å². The molecule has 3 rings (SSSR count). The van der Waals surface area contributed by atoms with Crippen molar-refractivity contribution in [2.45, 2.75) is 6.42 Å². The summed E-state index contributed by atoms with van der Waals surface area (Å²) >= 11 is 0. The fourth-order valence-electron chi connectivity index (χ4n) is 2.20. The summed E-state index contributed by atoms with van der Waals surface area (Å²) < 4.78 is 0. The summed E-state index contributed by atoms with van der Waals surface area (Å²) in [4.78, 5) is 3.32. The van der Waals surface area contributed by atoms with E-state index in [9.17, 15) is 0 Å². The van der Waals surface area contributed by atoms with Crippen LogP contribution in [0.25, 0.3) is 16.5 Å². The van der Waals surface area contributed by atoms with Gasteiger partial charge in [-0.2, -0.15) is 0 Å². The van der Waals surface area contributed by atoms with Gasteiger partial charge in [-0.1, -0.05) is 24.3 Å². The van der Waals surface area contributed by atoms with Gasteiger partial charge in [0.1, 0.15) is 0 Å². The van der Waals surface area contributed by atoms with Crippen LogP contribution in [0.4, 0.5) is 0 Å². The van der Waals surface area contributed by atoms with Gasteiger partial charge in [0.15, 0.2) is 0 Å². The molecule has 0 unspecified atom stereocenters. The average Bonchev–Trinajstić information content (AvgIpc) is 2.74. The van der Waals surface area contributed by atoms with Gasteiger partial charge in [0.05, 0.1) is 0 Å². The van der Waals surface area contributed by atoms with Crippen LogP contribution in [0.15, 0.2) is 36.5 Å². The van der Waals surface area contributed by atoms with Gasteiger partial charge in [-0.25, -0.2) is 0 Å². The number of para-hydroxylation sites is 1. The molecular weight excluding hydrogens is 220 g/mol. The van der Waals surface area contributed by atoms with Crippen molar-refractivity contribution in [1.82, 2.24) is 10.3 Å². The lowest BCUT2D eigenvalue weighted by atomic mass is 10.00. The molecule has 2 aromatic rings. The number of aromatic nitrogens is 1. The van der Waals surface area contributed by atoms with Crippen molar-refractivity contribution < 1.29 is 0 Å². The molecule has 0 saturated heterocycles. The first-order valence-electron chi connectivity index (χ1n) is 5.41. The maximum Gasteiger partial charge on any atom is 0.0460 e. The molecular formula is C13H15ClN2. The second-order valence-electron chi connectivity index (χ2n) is 3.93. The molecule has 1 aliphatic rings. The first kappa shape index (κ1) is 11.2. The second kappa shape index (κ2) is 4.73. The second-order valence-corrected chi connectivity index (χ2v) is 3.93. The molecule has 2 heterocycles. The summed E-state index contributed by atoms with van der Waals surface area (Å²) in [6.07, 6.45) is 5.54. The highest BCUT2D eigenvalue weighted by Gasteiger charge is 2.09. The zero-order valence-corrected chi connectivity index (χ0v) is 9.81. The molecule has 1 aromatic carbocycles. The minimum absolute atomic E-state index is 0. The quantitative estimate of drug-likeness (QED) is 0.780. The normalized spacial score (nSPS) is 15.6. The Morgan fingerprint density at radius 1 is 1.12 bits per heavy atom. The molecule has 0 fully saturated rings. The van der Waals surface area contributed by atoms with Gasteiger partial charge in [0.2, 0.25) is 0 Å². The molecule has 2 N–H and O–H groups in total. The molecule has 1 aliphatic heterocycles. The van der Waals surface area contributed by atoms with Crippen LogP contribution in [-0.2, 0) is 0 Å². The zero-order chi connectivity index (χ0) is 10.1. The summed E-state index contributed by atoms with van der Waals surface area (Å²) in [6, 6.07) is 8.48. The van der Waals surface area contributed by atoms with Gasteiger partial charge >= 0.3 is 0 Å². The van der Waals surface area contributed by atoms with Crippen molar-refractivity contribution in [2.24, 2.45) is 0 Å². The van der Waals surface area contributed by atoms with Crippen LogP contribution in [0.1, 0.15) is 12.0 Å². The van der Waals surface area contributed by atoms with E-state index in [0.717, 1.165) is 19.5 Å². The average molecular weight is 235 g/mol. The number of hydrogen-bond acceptors (Lipinski definition) is 1. The summed E-state index contributed by atoms with van der Waals surface area (Å²) in [6.45, 7) is 2.08. The van der Waals surface area contributed by atoms with E-state index in [0.29, 0.717) is 0 Å². The maximum atomic E-state index is 3.34. The minimum atomic E-state index is 0. The summed E-state index contributed by atoms with van der Waals surface area (Å²) in [5.74, 6) is 0. The lowest BCUT2D eigenvalue weighted by molar-refractivity contribution is 0.739. The standard InChI is InChI=1S/C13H14N2.ClH/c1-2-4-13-11(3-1)12(9-15-13)10-5-7-14-8-6-10;/h1-5,9,14-15H,6-8H2;1H. The largest absolute Gasteiger partial charge is 0.361 e. The van der Waals surface area contributed by atoms with Crippen molar-refractivity contribution >= 4 is 28.9 Å². The van der Waals surface area contributed by atoms with Gasteiger partial charge in [0, 0.05) is 29.2 Å². The number of nitrogens with one attached hydrogen (secondary N) is 2. The lowest BCUT2D eigenvalue weighted by Crippen LogP contribution is -2.19. The molecule has 1 aromatic heterocycles. The van der Waals surface area contributed by atoms with E-state index in [-0.39, 0.29) is 12.4 Å². The molecule has 16 heavy (non-hydrogen) atoms. The highest BCUT2D eigenvalue weighted by atomic mass is 35.5. The molecule has 0 spiro atoms. The van der Waals surface area contributed by atoms with Crippen LogP contribution in [0.5, 0.6) is 0 Å². The van der Waals surface area contributed by atoms with E-state index in [2.05, 4.69) is 46.8 Å². The lowest BCUT2D eigenvalue weighted by Gasteiger charge is -2.13. The molecule has 84 valence electrons. The number of benzene rings is 1. The first-order chi connectivity index (χ1) is 7.45. The van der Waals surface area contributed by atoms with E-state index in [1.165, 1.54) is 22.0 Å². The van der Waals surface area contributed by atoms with Gasteiger partial charge < -0.3 is 10.3 Å². The number of aromatic amines is 1. The highest BCUT2D eigenvalue weighted by molar-refractivity contribution is 5.92. The number of halogens is 1. The summed E-state index contributed by atoms with van der Waals surface area (Å²) in [7, 11) is 0. The van der Waals surface area contributed by atoms with Crippen LogP contribution in [0, 0.1) is 0 Å².